The van der Waals surface area contributed by atoms with Gasteiger partial charge in [-0.25, -0.2) is 0 Å². The first kappa shape index (κ1) is 18.1. The van der Waals surface area contributed by atoms with Crippen LogP contribution in [0.3, 0.4) is 0 Å². The van der Waals surface area contributed by atoms with Gasteiger partial charge in [0.1, 0.15) is 0 Å². The van der Waals surface area contributed by atoms with Crippen LogP contribution in [0.2, 0.25) is 0 Å². The van der Waals surface area contributed by atoms with Crippen molar-refractivity contribution < 1.29 is 19.0 Å². The van der Waals surface area contributed by atoms with E-state index in [-0.39, 0.29) is 12.0 Å². The van der Waals surface area contributed by atoms with Crippen LogP contribution in [0, 0.1) is 11.3 Å². The number of ether oxygens (including phenoxy) is 3. The Morgan fingerprint density at radius 1 is 1.32 bits per heavy atom. The summed E-state index contributed by atoms with van der Waals surface area (Å²) in [4.78, 5) is 11.9. The number of methoxy groups -OCH3 is 2. The molecule has 5 nitrogen and oxygen atoms in total. The van der Waals surface area contributed by atoms with Crippen molar-refractivity contribution in [3.8, 4) is 17.6 Å². The fourth-order valence-electron chi connectivity index (χ4n) is 2.12. The monoisotopic (exact) mass is 325 g/mol. The summed E-state index contributed by atoms with van der Waals surface area (Å²) in [5.74, 6) is -0.683. The molecule has 0 aliphatic heterocycles. The van der Waals surface area contributed by atoms with Crippen molar-refractivity contribution >= 4 is 17.6 Å². The molecule has 0 heterocycles. The Morgan fingerprint density at radius 3 is 2.45 bits per heavy atom. The summed E-state index contributed by atoms with van der Waals surface area (Å²) in [6, 6.07) is 5.27. The second-order valence-corrected chi connectivity index (χ2v) is 5.06. The number of nitrogens with zero attached hydrogens (tertiary/aromatic N) is 1. The highest BCUT2D eigenvalue weighted by Gasteiger charge is 2.26. The number of carbonyl (C=O) groups is 1. The molecule has 120 valence electrons. The summed E-state index contributed by atoms with van der Waals surface area (Å²) in [5, 5.41) is 8.98. The maximum absolute atomic E-state index is 11.9. The van der Waals surface area contributed by atoms with Gasteiger partial charge in [0.25, 0.3) is 0 Å². The quantitative estimate of drug-likeness (QED) is 0.566. The number of rotatable bonds is 7. The number of alkyl halides is 1. The first-order valence-corrected chi connectivity index (χ1v) is 7.43. The summed E-state index contributed by atoms with van der Waals surface area (Å²) < 4.78 is 15.6. The van der Waals surface area contributed by atoms with E-state index in [2.05, 4.69) is 0 Å². The van der Waals surface area contributed by atoms with Gasteiger partial charge in [-0.3, -0.25) is 4.79 Å². The SMILES string of the molecule is CCOC(=O)C(C#N)c1cc(OC)c(OC)c(C(Cl)CC)c1. The van der Waals surface area contributed by atoms with Crippen molar-refractivity contribution in [2.75, 3.05) is 20.8 Å². The lowest BCUT2D eigenvalue weighted by Crippen LogP contribution is -2.15. The number of benzene rings is 1. The predicted molar refractivity (Wildman–Crippen MR) is 83.4 cm³/mol. The first-order chi connectivity index (χ1) is 10.5. The molecule has 2 atom stereocenters. The first-order valence-electron chi connectivity index (χ1n) is 7.00. The molecule has 0 aliphatic rings. The number of hydrogen-bond acceptors (Lipinski definition) is 5. The summed E-state index contributed by atoms with van der Waals surface area (Å²) in [6.07, 6.45) is 0.668. The third-order valence-electron chi connectivity index (χ3n) is 3.21. The number of hydrogen-bond donors (Lipinski definition) is 0. The third kappa shape index (κ3) is 3.83. The van der Waals surface area contributed by atoms with E-state index in [1.54, 1.807) is 19.1 Å². The van der Waals surface area contributed by atoms with Gasteiger partial charge >= 0.3 is 5.97 Å². The highest BCUT2D eigenvalue weighted by molar-refractivity contribution is 6.21. The van der Waals surface area contributed by atoms with E-state index < -0.39 is 11.9 Å². The van der Waals surface area contributed by atoms with Crippen LogP contribution in [-0.2, 0) is 9.53 Å². The molecule has 0 fully saturated rings. The van der Waals surface area contributed by atoms with Crippen molar-refractivity contribution in [3.05, 3.63) is 23.3 Å². The molecule has 1 rings (SSSR count). The van der Waals surface area contributed by atoms with Gasteiger partial charge in [0.15, 0.2) is 17.4 Å². The molecule has 0 saturated heterocycles. The Labute approximate surface area is 135 Å². The molecular formula is C16H20ClNO4. The van der Waals surface area contributed by atoms with Crippen LogP contribution in [0.1, 0.15) is 42.7 Å². The summed E-state index contributed by atoms with van der Waals surface area (Å²) >= 11 is 6.33. The van der Waals surface area contributed by atoms with Gasteiger partial charge in [0.2, 0.25) is 0 Å². The third-order valence-corrected chi connectivity index (χ3v) is 3.75. The Morgan fingerprint density at radius 2 is 2.00 bits per heavy atom. The van der Waals surface area contributed by atoms with Crippen LogP contribution >= 0.6 is 11.6 Å². The molecule has 1 aromatic rings. The molecular weight excluding hydrogens is 306 g/mol. The number of nitriles is 1. The molecule has 0 bridgehead atoms. The Bertz CT molecular complexity index is 568. The zero-order valence-electron chi connectivity index (χ0n) is 13.2. The minimum atomic E-state index is -1.03. The van der Waals surface area contributed by atoms with Crippen molar-refractivity contribution in [1.29, 1.82) is 5.26 Å². The van der Waals surface area contributed by atoms with Crippen molar-refractivity contribution in [2.24, 2.45) is 0 Å². The van der Waals surface area contributed by atoms with Crippen LogP contribution in [0.4, 0.5) is 0 Å². The van der Waals surface area contributed by atoms with E-state index in [4.69, 9.17) is 25.8 Å². The fraction of sp³-hybridized carbons (Fsp3) is 0.500. The molecule has 0 spiro atoms. The molecule has 0 saturated carbocycles. The second kappa shape index (κ2) is 8.50. The predicted octanol–water partition coefficient (Wildman–Crippen LogP) is 3.56. The van der Waals surface area contributed by atoms with Gasteiger partial charge in [-0.15, -0.1) is 11.6 Å². The van der Waals surface area contributed by atoms with Gasteiger partial charge in [0, 0.05) is 5.56 Å². The molecule has 6 heteroatoms. The van der Waals surface area contributed by atoms with Crippen LogP contribution in [0.25, 0.3) is 0 Å². The lowest BCUT2D eigenvalue weighted by Gasteiger charge is -2.19. The summed E-state index contributed by atoms with van der Waals surface area (Å²) in [7, 11) is 3.01. The number of halogens is 1. The van der Waals surface area contributed by atoms with Gasteiger partial charge in [-0.05, 0) is 31.0 Å². The standard InChI is InChI=1S/C16H20ClNO4/c1-5-13(17)11-7-10(8-14(20-3)15(11)21-4)12(9-18)16(19)22-6-2/h7-8,12-13H,5-6H2,1-4H3. The molecule has 0 amide bonds. The van der Waals surface area contributed by atoms with Crippen LogP contribution in [0.15, 0.2) is 12.1 Å². The summed E-state index contributed by atoms with van der Waals surface area (Å²) in [5.41, 5.74) is 1.17. The maximum Gasteiger partial charge on any atom is 0.327 e. The number of esters is 1. The second-order valence-electron chi connectivity index (χ2n) is 4.54. The van der Waals surface area contributed by atoms with Crippen LogP contribution in [0.5, 0.6) is 11.5 Å². The largest absolute Gasteiger partial charge is 0.493 e. The molecule has 0 N–H and O–H groups in total. The summed E-state index contributed by atoms with van der Waals surface area (Å²) in [6.45, 7) is 3.84. The van der Waals surface area contributed by atoms with E-state index in [1.165, 1.54) is 14.2 Å². The topological polar surface area (TPSA) is 68.6 Å². The van der Waals surface area contributed by atoms with Crippen molar-refractivity contribution in [3.63, 3.8) is 0 Å². The zero-order chi connectivity index (χ0) is 16.7. The Kier molecular flexibility index (Phi) is 7.00. The molecule has 2 unspecified atom stereocenters. The lowest BCUT2D eigenvalue weighted by molar-refractivity contribution is -0.143. The average molecular weight is 326 g/mol. The zero-order valence-corrected chi connectivity index (χ0v) is 13.9. The van der Waals surface area contributed by atoms with E-state index in [0.717, 1.165) is 0 Å². The normalized spacial score (nSPS) is 12.9. The molecule has 1 aromatic carbocycles. The van der Waals surface area contributed by atoms with Gasteiger partial charge in [-0.1, -0.05) is 6.92 Å². The average Bonchev–Trinajstić information content (AvgIpc) is 2.54. The Hall–Kier alpha value is -1.93. The van der Waals surface area contributed by atoms with Gasteiger partial charge in [-0.2, -0.15) is 5.26 Å². The maximum atomic E-state index is 11.9. The van der Waals surface area contributed by atoms with Gasteiger partial charge < -0.3 is 14.2 Å². The van der Waals surface area contributed by atoms with E-state index >= 15 is 0 Å². The number of carbonyl (C=O) groups excluding carboxylic acids is 1. The van der Waals surface area contributed by atoms with E-state index in [0.29, 0.717) is 29.0 Å². The molecule has 22 heavy (non-hydrogen) atoms. The van der Waals surface area contributed by atoms with Crippen LogP contribution in [-0.4, -0.2) is 26.8 Å². The van der Waals surface area contributed by atoms with Crippen molar-refractivity contribution in [1.82, 2.24) is 0 Å². The molecule has 0 aromatic heterocycles. The highest BCUT2D eigenvalue weighted by Crippen LogP contribution is 2.41. The Balaban J connectivity index is 3.43. The van der Waals surface area contributed by atoms with Crippen molar-refractivity contribution in [2.45, 2.75) is 31.6 Å². The van der Waals surface area contributed by atoms with E-state index in [1.807, 2.05) is 13.0 Å². The van der Waals surface area contributed by atoms with Gasteiger partial charge in [0.05, 0.1) is 32.3 Å². The molecule has 0 radical (unpaired) electrons. The lowest BCUT2D eigenvalue weighted by atomic mass is 9.95. The minimum Gasteiger partial charge on any atom is -0.493 e. The van der Waals surface area contributed by atoms with E-state index in [9.17, 15) is 10.1 Å². The highest BCUT2D eigenvalue weighted by atomic mass is 35.5. The molecule has 0 aliphatic carbocycles. The smallest absolute Gasteiger partial charge is 0.327 e. The fourth-order valence-corrected chi connectivity index (χ4v) is 2.29. The minimum absolute atomic E-state index is 0.213. The van der Waals surface area contributed by atoms with Crippen LogP contribution < -0.4 is 9.47 Å².